The van der Waals surface area contributed by atoms with Gasteiger partial charge in [-0.3, -0.25) is 0 Å². The van der Waals surface area contributed by atoms with Crippen molar-refractivity contribution in [1.29, 1.82) is 0 Å². The van der Waals surface area contributed by atoms with Crippen LogP contribution in [0.4, 0.5) is 5.69 Å². The molecule has 0 amide bonds. The maximum absolute atomic E-state index is 5.88. The van der Waals surface area contributed by atoms with Gasteiger partial charge in [0.15, 0.2) is 6.29 Å². The third-order valence-electron chi connectivity index (χ3n) is 2.43. The highest BCUT2D eigenvalue weighted by molar-refractivity contribution is 5.54. The normalized spacial score (nSPS) is 17.3. The smallest absolute Gasteiger partial charge is 0.183 e. The molecule has 0 radical (unpaired) electrons. The molecule has 88 valence electrons. The second-order valence-corrected chi connectivity index (χ2v) is 3.66. The van der Waals surface area contributed by atoms with E-state index in [2.05, 4.69) is 0 Å². The van der Waals surface area contributed by atoms with E-state index in [1.807, 2.05) is 25.1 Å². The van der Waals surface area contributed by atoms with Crippen LogP contribution in [0.15, 0.2) is 18.2 Å². The van der Waals surface area contributed by atoms with Crippen LogP contribution in [-0.2, 0) is 9.47 Å². The van der Waals surface area contributed by atoms with E-state index >= 15 is 0 Å². The van der Waals surface area contributed by atoms with E-state index in [1.165, 1.54) is 0 Å². The van der Waals surface area contributed by atoms with E-state index in [4.69, 9.17) is 19.9 Å². The molecule has 2 rings (SSSR count). The van der Waals surface area contributed by atoms with Crippen LogP contribution in [0.25, 0.3) is 0 Å². The highest BCUT2D eigenvalue weighted by atomic mass is 16.7. The van der Waals surface area contributed by atoms with E-state index in [9.17, 15) is 0 Å². The molecule has 4 heteroatoms. The van der Waals surface area contributed by atoms with E-state index in [0.29, 0.717) is 18.0 Å². The van der Waals surface area contributed by atoms with E-state index in [-0.39, 0.29) is 6.29 Å². The number of rotatable bonds is 3. The highest BCUT2D eigenvalue weighted by Crippen LogP contribution is 2.29. The number of ether oxygens (including phenoxy) is 3. The molecule has 1 saturated heterocycles. The molecule has 0 unspecified atom stereocenters. The Bertz CT molecular complexity index is 348. The number of benzene rings is 1. The second kappa shape index (κ2) is 5.18. The van der Waals surface area contributed by atoms with Crippen molar-refractivity contribution in [2.75, 3.05) is 25.6 Å². The first-order valence-corrected chi connectivity index (χ1v) is 5.56. The molecule has 0 saturated carbocycles. The van der Waals surface area contributed by atoms with Gasteiger partial charge in [0, 0.05) is 5.56 Å². The van der Waals surface area contributed by atoms with E-state index < -0.39 is 0 Å². The van der Waals surface area contributed by atoms with Crippen LogP contribution in [0.1, 0.15) is 25.2 Å². The minimum atomic E-state index is -0.285. The Morgan fingerprint density at radius 3 is 2.75 bits per heavy atom. The van der Waals surface area contributed by atoms with E-state index in [0.717, 1.165) is 25.2 Å². The predicted octanol–water partition coefficient (Wildman–Crippen LogP) is 2.10. The predicted molar refractivity (Wildman–Crippen MR) is 61.3 cm³/mol. The molecule has 1 aromatic rings. The van der Waals surface area contributed by atoms with Crippen molar-refractivity contribution < 1.29 is 14.2 Å². The number of hydrogen-bond donors (Lipinski definition) is 1. The molecule has 4 nitrogen and oxygen atoms in total. The molecule has 0 bridgehead atoms. The van der Waals surface area contributed by atoms with Gasteiger partial charge in [-0.1, -0.05) is 6.07 Å². The average molecular weight is 223 g/mol. The number of anilines is 1. The Labute approximate surface area is 95.3 Å². The summed E-state index contributed by atoms with van der Waals surface area (Å²) in [6, 6.07) is 5.63. The minimum absolute atomic E-state index is 0.285. The Balaban J connectivity index is 2.13. The minimum Gasteiger partial charge on any atom is -0.492 e. The molecule has 0 aliphatic carbocycles. The fraction of sp³-hybridized carbons (Fsp3) is 0.500. The molecular formula is C12H17NO3. The number of nitrogens with two attached hydrogens (primary N) is 1. The van der Waals surface area contributed by atoms with Gasteiger partial charge in [0.1, 0.15) is 5.75 Å². The maximum Gasteiger partial charge on any atom is 0.183 e. The summed E-state index contributed by atoms with van der Waals surface area (Å²) in [5, 5.41) is 0. The van der Waals surface area contributed by atoms with Gasteiger partial charge in [0.2, 0.25) is 0 Å². The molecule has 1 aliphatic rings. The lowest BCUT2D eigenvalue weighted by Gasteiger charge is -2.23. The SMILES string of the molecule is CCOc1ccc(C2OCCCO2)cc1N. The lowest BCUT2D eigenvalue weighted by Crippen LogP contribution is -2.17. The van der Waals surface area contributed by atoms with Crippen molar-refractivity contribution in [2.45, 2.75) is 19.6 Å². The van der Waals surface area contributed by atoms with Gasteiger partial charge in [-0.25, -0.2) is 0 Å². The Hall–Kier alpha value is -1.26. The lowest BCUT2D eigenvalue weighted by atomic mass is 10.1. The molecule has 1 fully saturated rings. The molecular weight excluding hydrogens is 206 g/mol. The molecule has 0 aromatic heterocycles. The summed E-state index contributed by atoms with van der Waals surface area (Å²) in [4.78, 5) is 0. The number of hydrogen-bond acceptors (Lipinski definition) is 4. The van der Waals surface area contributed by atoms with Gasteiger partial charge < -0.3 is 19.9 Å². The van der Waals surface area contributed by atoms with Crippen LogP contribution in [0.3, 0.4) is 0 Å². The molecule has 1 aliphatic heterocycles. The third-order valence-corrected chi connectivity index (χ3v) is 2.43. The summed E-state index contributed by atoms with van der Waals surface area (Å²) < 4.78 is 16.4. The van der Waals surface area contributed by atoms with Gasteiger partial charge in [-0.2, -0.15) is 0 Å². The van der Waals surface area contributed by atoms with Crippen LogP contribution in [0.5, 0.6) is 5.75 Å². The molecule has 1 heterocycles. The van der Waals surface area contributed by atoms with Gasteiger partial charge in [0.05, 0.1) is 25.5 Å². The van der Waals surface area contributed by atoms with Crippen molar-refractivity contribution in [2.24, 2.45) is 0 Å². The van der Waals surface area contributed by atoms with Crippen molar-refractivity contribution >= 4 is 5.69 Å². The Morgan fingerprint density at radius 2 is 2.12 bits per heavy atom. The molecule has 0 atom stereocenters. The molecule has 1 aromatic carbocycles. The second-order valence-electron chi connectivity index (χ2n) is 3.66. The summed E-state index contributed by atoms with van der Waals surface area (Å²) in [6.45, 7) is 4.01. The van der Waals surface area contributed by atoms with E-state index in [1.54, 1.807) is 0 Å². The quantitative estimate of drug-likeness (QED) is 0.797. The van der Waals surface area contributed by atoms with Crippen molar-refractivity contribution in [3.8, 4) is 5.75 Å². The maximum atomic E-state index is 5.88. The first-order valence-electron chi connectivity index (χ1n) is 5.56. The van der Waals surface area contributed by atoms with Crippen molar-refractivity contribution in [1.82, 2.24) is 0 Å². The third kappa shape index (κ3) is 2.46. The standard InChI is InChI=1S/C12H17NO3/c1-2-14-11-5-4-9(8-10(11)13)12-15-6-3-7-16-12/h4-5,8,12H,2-3,6-7,13H2,1H3. The van der Waals surface area contributed by atoms with Gasteiger partial charge in [-0.05, 0) is 25.5 Å². The largest absolute Gasteiger partial charge is 0.492 e. The van der Waals surface area contributed by atoms with Gasteiger partial charge in [0.25, 0.3) is 0 Å². The highest BCUT2D eigenvalue weighted by Gasteiger charge is 2.17. The zero-order valence-electron chi connectivity index (χ0n) is 9.44. The van der Waals surface area contributed by atoms with Crippen LogP contribution in [0.2, 0.25) is 0 Å². The fourth-order valence-electron chi connectivity index (χ4n) is 1.68. The van der Waals surface area contributed by atoms with Gasteiger partial charge >= 0.3 is 0 Å². The molecule has 16 heavy (non-hydrogen) atoms. The molecule has 2 N–H and O–H groups in total. The summed E-state index contributed by atoms with van der Waals surface area (Å²) in [5.41, 5.74) is 7.45. The molecule has 0 spiro atoms. The van der Waals surface area contributed by atoms with Gasteiger partial charge in [-0.15, -0.1) is 0 Å². The Morgan fingerprint density at radius 1 is 1.38 bits per heavy atom. The first-order chi connectivity index (χ1) is 7.81. The summed E-state index contributed by atoms with van der Waals surface area (Å²) in [6.07, 6.45) is 0.662. The summed E-state index contributed by atoms with van der Waals surface area (Å²) in [7, 11) is 0. The van der Waals surface area contributed by atoms with Crippen LogP contribution in [-0.4, -0.2) is 19.8 Å². The summed E-state index contributed by atoms with van der Waals surface area (Å²) in [5.74, 6) is 0.710. The lowest BCUT2D eigenvalue weighted by molar-refractivity contribution is -0.183. The van der Waals surface area contributed by atoms with Crippen molar-refractivity contribution in [3.05, 3.63) is 23.8 Å². The topological polar surface area (TPSA) is 53.7 Å². The zero-order chi connectivity index (χ0) is 11.4. The van der Waals surface area contributed by atoms with Crippen LogP contribution < -0.4 is 10.5 Å². The first kappa shape index (κ1) is 11.2. The van der Waals surface area contributed by atoms with Crippen LogP contribution >= 0.6 is 0 Å². The monoisotopic (exact) mass is 223 g/mol. The zero-order valence-corrected chi connectivity index (χ0v) is 9.44. The van der Waals surface area contributed by atoms with Crippen molar-refractivity contribution in [3.63, 3.8) is 0 Å². The Kier molecular flexibility index (Phi) is 3.64. The number of nitrogen functional groups attached to an aromatic ring is 1. The summed E-state index contributed by atoms with van der Waals surface area (Å²) >= 11 is 0. The van der Waals surface area contributed by atoms with Crippen LogP contribution in [0, 0.1) is 0 Å². The fourth-order valence-corrected chi connectivity index (χ4v) is 1.68. The average Bonchev–Trinajstić information content (AvgIpc) is 2.33.